The summed E-state index contributed by atoms with van der Waals surface area (Å²) >= 11 is 0. The molecule has 0 spiro atoms. The van der Waals surface area contributed by atoms with Crippen LogP contribution in [0.4, 0.5) is 0 Å². The Bertz CT molecular complexity index is 2040. The van der Waals surface area contributed by atoms with E-state index in [0.717, 1.165) is 141 Å². The Kier molecular flexibility index (Phi) is 63.6. The van der Waals surface area contributed by atoms with Crippen LogP contribution in [0, 0.1) is 0 Å². The molecule has 5 atom stereocenters. The van der Waals surface area contributed by atoms with E-state index in [4.69, 9.17) is 37.0 Å². The zero-order valence-corrected chi connectivity index (χ0v) is 59.8. The van der Waals surface area contributed by atoms with E-state index in [1.165, 1.54) is 89.9 Å². The molecule has 5 unspecified atom stereocenters. The Morgan fingerprint density at radius 1 is 0.315 bits per heavy atom. The summed E-state index contributed by atoms with van der Waals surface area (Å²) in [5.74, 6) is -2.22. The fourth-order valence-corrected chi connectivity index (χ4v) is 11.2. The largest absolute Gasteiger partial charge is 0.472 e. The number of hydrogen-bond acceptors (Lipinski definition) is 15. The second kappa shape index (κ2) is 66.1. The van der Waals surface area contributed by atoms with Crippen LogP contribution in [-0.4, -0.2) is 96.7 Å². The van der Waals surface area contributed by atoms with Gasteiger partial charge in [0.25, 0.3) is 0 Å². The van der Waals surface area contributed by atoms with Crippen LogP contribution in [0.3, 0.4) is 0 Å². The number of rotatable bonds is 68. The van der Waals surface area contributed by atoms with Crippen molar-refractivity contribution in [1.29, 1.82) is 0 Å². The number of hydrogen-bond donors (Lipinski definition) is 3. The Morgan fingerprint density at radius 2 is 0.587 bits per heavy atom. The number of carbonyl (C=O) groups excluding carboxylic acids is 4. The van der Waals surface area contributed by atoms with Crippen LogP contribution >= 0.6 is 15.6 Å². The molecule has 0 heterocycles. The number of ether oxygens (including phenoxy) is 4. The van der Waals surface area contributed by atoms with Crippen molar-refractivity contribution in [2.24, 2.45) is 0 Å². The molecule has 0 aliphatic heterocycles. The summed E-state index contributed by atoms with van der Waals surface area (Å²) in [4.78, 5) is 72.6. The van der Waals surface area contributed by atoms with Gasteiger partial charge in [0, 0.05) is 25.7 Å². The highest BCUT2D eigenvalue weighted by Gasteiger charge is 2.30. The van der Waals surface area contributed by atoms with Crippen molar-refractivity contribution >= 4 is 39.5 Å². The predicted molar refractivity (Wildman–Crippen MR) is 372 cm³/mol. The number of aliphatic hydroxyl groups is 1. The second-order valence-electron chi connectivity index (χ2n) is 24.2. The zero-order valence-electron chi connectivity index (χ0n) is 58.0. The molecule has 0 aromatic heterocycles. The van der Waals surface area contributed by atoms with Crippen molar-refractivity contribution in [2.45, 2.75) is 329 Å². The maximum atomic E-state index is 13.0. The minimum Gasteiger partial charge on any atom is -0.462 e. The van der Waals surface area contributed by atoms with Gasteiger partial charge in [-0.25, -0.2) is 9.13 Å². The van der Waals surface area contributed by atoms with Crippen molar-refractivity contribution in [2.75, 3.05) is 39.6 Å². The van der Waals surface area contributed by atoms with Gasteiger partial charge in [0.1, 0.15) is 19.3 Å². The maximum absolute atomic E-state index is 13.0. The fraction of sp³-hybridized carbons (Fsp3) is 0.781. The number of esters is 4. The summed E-state index contributed by atoms with van der Waals surface area (Å²) in [6.07, 6.45) is 63.4. The third-order valence-electron chi connectivity index (χ3n) is 15.2. The lowest BCUT2D eigenvalue weighted by atomic mass is 10.0. The van der Waals surface area contributed by atoms with Gasteiger partial charge in [-0.1, -0.05) is 268 Å². The number of carbonyl (C=O) groups is 4. The van der Waals surface area contributed by atoms with Gasteiger partial charge >= 0.3 is 39.5 Å². The molecule has 0 rings (SSSR count). The number of allylic oxidation sites excluding steroid dienone is 12. The highest BCUT2D eigenvalue weighted by Crippen LogP contribution is 2.45. The van der Waals surface area contributed by atoms with Crippen LogP contribution in [0.15, 0.2) is 72.9 Å². The van der Waals surface area contributed by atoms with Crippen molar-refractivity contribution in [3.8, 4) is 0 Å². The maximum Gasteiger partial charge on any atom is 0.472 e. The molecule has 0 aromatic carbocycles. The summed E-state index contributed by atoms with van der Waals surface area (Å²) in [5.41, 5.74) is 0. The van der Waals surface area contributed by atoms with Crippen molar-refractivity contribution in [3.05, 3.63) is 72.9 Å². The molecule has 0 fully saturated rings. The first kappa shape index (κ1) is 88.5. The van der Waals surface area contributed by atoms with Crippen LogP contribution in [0.2, 0.25) is 0 Å². The predicted octanol–water partition coefficient (Wildman–Crippen LogP) is 20.1. The smallest absolute Gasteiger partial charge is 0.462 e. The monoisotopic (exact) mass is 1340 g/mol. The van der Waals surface area contributed by atoms with Crippen LogP contribution in [0.1, 0.15) is 310 Å². The third-order valence-corrected chi connectivity index (χ3v) is 17.1. The second-order valence-corrected chi connectivity index (χ2v) is 27.1. The molecular weight excluding hydrogens is 1210 g/mol. The van der Waals surface area contributed by atoms with Crippen molar-refractivity contribution < 1.29 is 80.2 Å². The van der Waals surface area contributed by atoms with Gasteiger partial charge in [0.15, 0.2) is 12.2 Å². The topological polar surface area (TPSA) is 237 Å². The molecule has 0 aliphatic rings. The zero-order chi connectivity index (χ0) is 67.5. The van der Waals surface area contributed by atoms with Crippen LogP contribution in [0.5, 0.6) is 0 Å². The van der Waals surface area contributed by atoms with Gasteiger partial charge in [-0.2, -0.15) is 0 Å². The van der Waals surface area contributed by atoms with E-state index in [9.17, 15) is 43.2 Å². The number of unbranched alkanes of at least 4 members (excludes halogenated alkanes) is 30. The van der Waals surface area contributed by atoms with E-state index in [2.05, 4.69) is 101 Å². The number of phosphoric ester groups is 2. The summed E-state index contributed by atoms with van der Waals surface area (Å²) in [5, 5.41) is 10.6. The summed E-state index contributed by atoms with van der Waals surface area (Å²) in [6, 6.07) is 0. The van der Waals surface area contributed by atoms with E-state index in [1.807, 2.05) is 0 Å². The normalized spacial score (nSPS) is 14.5. The van der Waals surface area contributed by atoms with Gasteiger partial charge in [0.05, 0.1) is 26.4 Å². The first-order valence-corrected chi connectivity index (χ1v) is 39.2. The lowest BCUT2D eigenvalue weighted by Gasteiger charge is -2.21. The molecule has 0 bridgehead atoms. The number of phosphoric acid groups is 2. The quantitative estimate of drug-likeness (QED) is 0.0169. The van der Waals surface area contributed by atoms with Gasteiger partial charge in [-0.3, -0.25) is 37.3 Å². The van der Waals surface area contributed by atoms with Crippen LogP contribution < -0.4 is 0 Å². The summed E-state index contributed by atoms with van der Waals surface area (Å²) in [6.45, 7) is 4.64. The Labute approximate surface area is 558 Å². The van der Waals surface area contributed by atoms with E-state index in [0.29, 0.717) is 25.7 Å². The molecule has 19 heteroatoms. The average Bonchev–Trinajstić information content (AvgIpc) is 2.73. The minimum atomic E-state index is -4.97. The Hall–Kier alpha value is -3.50. The summed E-state index contributed by atoms with van der Waals surface area (Å²) < 4.78 is 68.2. The highest BCUT2D eigenvalue weighted by molar-refractivity contribution is 7.47. The average molecular weight is 1340 g/mol. The van der Waals surface area contributed by atoms with Crippen LogP contribution in [-0.2, 0) is 65.4 Å². The lowest BCUT2D eigenvalue weighted by molar-refractivity contribution is -0.161. The fourth-order valence-electron chi connectivity index (χ4n) is 9.66. The molecule has 0 aromatic rings. The van der Waals surface area contributed by atoms with Gasteiger partial charge in [-0.15, -0.1) is 0 Å². The minimum absolute atomic E-state index is 0.0906. The van der Waals surface area contributed by atoms with Gasteiger partial charge in [-0.05, 0) is 89.9 Å². The molecule has 92 heavy (non-hydrogen) atoms. The first-order chi connectivity index (χ1) is 44.7. The SMILES string of the molecule is CC/C=C\C/C=C\C/C=C\C/C=C\CCCCC(=O)OCC(COP(=O)(O)OCC(O)COP(=O)(O)OCC(COC(=O)CCCCCCC/C=C\C/C=C\CCC)OC(=O)CCCCCCCCCCCCC)OC(=O)CCCCCCCCCCCCCCC. The van der Waals surface area contributed by atoms with Crippen molar-refractivity contribution in [3.63, 3.8) is 0 Å². The molecule has 0 saturated heterocycles. The van der Waals surface area contributed by atoms with Crippen molar-refractivity contribution in [1.82, 2.24) is 0 Å². The van der Waals surface area contributed by atoms with Gasteiger partial charge in [0.2, 0.25) is 0 Å². The standard InChI is InChI=1S/C73H130O17P2/c1-5-9-13-17-21-25-29-32-33-36-39-42-46-50-54-58-71(76)84-64-69(90-73(78)60-56-52-48-44-40-35-31-27-23-19-15-11-7-3)66-88-92(81,82)86-62-67(74)61-85-91(79,80)87-65-68(89-72(77)59-55-51-47-43-37-28-24-20-16-12-8-4)63-83-70(75)57-53-49-45-41-38-34-30-26-22-18-14-10-6-2/h9,13-14,18,21,25-26,30,32-33,39,42,67-69,74H,5-8,10-12,15-17,19-20,22-24,27-29,31,34-38,40-41,43-66H2,1-4H3,(H,79,80)(H,81,82)/b13-9-,18-14-,25-21-,30-26-,33-32-,42-39-. The van der Waals surface area contributed by atoms with E-state index in [1.54, 1.807) is 0 Å². The molecule has 3 N–H and O–H groups in total. The molecular formula is C73H130O17P2. The molecule has 534 valence electrons. The van der Waals surface area contributed by atoms with Gasteiger partial charge < -0.3 is 33.8 Å². The molecule has 0 saturated carbocycles. The third kappa shape index (κ3) is 65.2. The molecule has 0 radical (unpaired) electrons. The molecule has 17 nitrogen and oxygen atoms in total. The van der Waals surface area contributed by atoms with E-state index < -0.39 is 97.5 Å². The lowest BCUT2D eigenvalue weighted by Crippen LogP contribution is -2.30. The Balaban J connectivity index is 5.34. The highest BCUT2D eigenvalue weighted by atomic mass is 31.2. The first-order valence-electron chi connectivity index (χ1n) is 36.2. The summed E-state index contributed by atoms with van der Waals surface area (Å²) in [7, 11) is -9.94. The van der Waals surface area contributed by atoms with E-state index >= 15 is 0 Å². The van der Waals surface area contributed by atoms with E-state index in [-0.39, 0.29) is 25.7 Å². The molecule has 0 amide bonds. The van der Waals surface area contributed by atoms with Crippen LogP contribution in [0.25, 0.3) is 0 Å². The Morgan fingerprint density at radius 3 is 0.935 bits per heavy atom. The molecule has 0 aliphatic carbocycles. The number of aliphatic hydroxyl groups excluding tert-OH is 1.